The first-order valence-electron chi connectivity index (χ1n) is 6.50. The lowest BCUT2D eigenvalue weighted by Crippen LogP contribution is -2.29. The van der Waals surface area contributed by atoms with Crippen LogP contribution in [-0.4, -0.2) is 36.1 Å². The van der Waals surface area contributed by atoms with E-state index in [0.29, 0.717) is 0 Å². The number of benzene rings is 1. The molecule has 1 aromatic carbocycles. The molecule has 0 unspecified atom stereocenters. The van der Waals surface area contributed by atoms with Crippen molar-refractivity contribution in [3.05, 3.63) is 34.9 Å². The van der Waals surface area contributed by atoms with Gasteiger partial charge >= 0.3 is 0 Å². The quantitative estimate of drug-likeness (QED) is 0.787. The zero-order chi connectivity index (χ0) is 13.5. The molecule has 0 heterocycles. The molecule has 1 rings (SSSR count). The summed E-state index contributed by atoms with van der Waals surface area (Å²) in [5.41, 5.74) is 2.88. The maximum atomic E-state index is 12.3. The van der Waals surface area contributed by atoms with Crippen molar-refractivity contribution < 1.29 is 9.90 Å². The van der Waals surface area contributed by atoms with Gasteiger partial charge in [-0.3, -0.25) is 4.79 Å². The van der Waals surface area contributed by atoms with E-state index in [1.54, 1.807) is 4.90 Å². The summed E-state index contributed by atoms with van der Waals surface area (Å²) in [7, 11) is 1.84. The van der Waals surface area contributed by atoms with E-state index in [1.807, 2.05) is 39.1 Å². The topological polar surface area (TPSA) is 40.5 Å². The van der Waals surface area contributed by atoms with Crippen molar-refractivity contribution in [1.82, 2.24) is 4.90 Å². The third-order valence-electron chi connectivity index (χ3n) is 3.19. The Morgan fingerprint density at radius 2 is 1.78 bits per heavy atom. The summed E-state index contributed by atoms with van der Waals surface area (Å²) in [5, 5.41) is 8.71. The van der Waals surface area contributed by atoms with Crippen LogP contribution in [0.25, 0.3) is 0 Å². The summed E-state index contributed by atoms with van der Waals surface area (Å²) in [6, 6.07) is 5.92. The maximum absolute atomic E-state index is 12.3. The molecule has 0 radical (unpaired) electrons. The van der Waals surface area contributed by atoms with Crippen LogP contribution in [0.3, 0.4) is 0 Å². The monoisotopic (exact) mass is 249 g/mol. The molecular formula is C15H23NO2. The van der Waals surface area contributed by atoms with Crippen molar-refractivity contribution in [3.8, 4) is 0 Å². The second kappa shape index (κ2) is 7.17. The fraction of sp³-hybridized carbons (Fsp3) is 0.533. The molecule has 18 heavy (non-hydrogen) atoms. The normalized spacial score (nSPS) is 10.4. The number of hydrogen-bond acceptors (Lipinski definition) is 2. The molecule has 0 saturated carbocycles. The molecule has 0 atom stereocenters. The van der Waals surface area contributed by atoms with Crippen molar-refractivity contribution >= 4 is 5.91 Å². The average Bonchev–Trinajstić information content (AvgIpc) is 2.34. The highest BCUT2D eigenvalue weighted by Crippen LogP contribution is 2.15. The van der Waals surface area contributed by atoms with Gasteiger partial charge in [-0.15, -0.1) is 0 Å². The van der Waals surface area contributed by atoms with Crippen molar-refractivity contribution in [2.24, 2.45) is 0 Å². The van der Waals surface area contributed by atoms with Crippen molar-refractivity contribution in [3.63, 3.8) is 0 Å². The van der Waals surface area contributed by atoms with E-state index in [9.17, 15) is 4.79 Å². The molecule has 1 aromatic rings. The predicted octanol–water partition coefficient (Wildman–Crippen LogP) is 2.54. The Balaban J connectivity index is 2.63. The SMILES string of the molecule is Cc1cccc(C)c1C(=O)N(C)CCCCCO. The van der Waals surface area contributed by atoms with E-state index >= 15 is 0 Å². The molecule has 3 nitrogen and oxygen atoms in total. The average molecular weight is 249 g/mol. The number of aryl methyl sites for hydroxylation is 2. The highest BCUT2D eigenvalue weighted by atomic mass is 16.2. The van der Waals surface area contributed by atoms with Crippen LogP contribution in [0.4, 0.5) is 0 Å². The van der Waals surface area contributed by atoms with Crippen LogP contribution >= 0.6 is 0 Å². The Morgan fingerprint density at radius 1 is 1.17 bits per heavy atom. The molecule has 0 aliphatic carbocycles. The zero-order valence-electron chi connectivity index (χ0n) is 11.6. The van der Waals surface area contributed by atoms with Gasteiger partial charge in [-0.1, -0.05) is 18.2 Å². The molecule has 3 heteroatoms. The van der Waals surface area contributed by atoms with E-state index in [4.69, 9.17) is 5.11 Å². The van der Waals surface area contributed by atoms with Crippen LogP contribution < -0.4 is 0 Å². The third kappa shape index (κ3) is 3.84. The number of rotatable bonds is 6. The van der Waals surface area contributed by atoms with Crippen molar-refractivity contribution in [1.29, 1.82) is 0 Å². The van der Waals surface area contributed by atoms with Gasteiger partial charge < -0.3 is 10.0 Å². The number of hydrogen-bond donors (Lipinski definition) is 1. The minimum Gasteiger partial charge on any atom is -0.396 e. The lowest BCUT2D eigenvalue weighted by atomic mass is 10.0. The van der Waals surface area contributed by atoms with Gasteiger partial charge in [-0.05, 0) is 44.2 Å². The number of aliphatic hydroxyl groups is 1. The molecule has 0 aliphatic rings. The molecular weight excluding hydrogens is 226 g/mol. The third-order valence-corrected chi connectivity index (χ3v) is 3.19. The molecule has 0 fully saturated rings. The highest BCUT2D eigenvalue weighted by Gasteiger charge is 2.15. The lowest BCUT2D eigenvalue weighted by molar-refractivity contribution is 0.0790. The fourth-order valence-corrected chi connectivity index (χ4v) is 2.08. The van der Waals surface area contributed by atoms with Crippen LogP contribution in [0.15, 0.2) is 18.2 Å². The van der Waals surface area contributed by atoms with Crippen LogP contribution in [0.2, 0.25) is 0 Å². The van der Waals surface area contributed by atoms with Crippen LogP contribution in [0, 0.1) is 13.8 Å². The minimum atomic E-state index is 0.0922. The van der Waals surface area contributed by atoms with E-state index in [1.165, 1.54) is 0 Å². The van der Waals surface area contributed by atoms with Gasteiger partial charge in [0.05, 0.1) is 0 Å². The van der Waals surface area contributed by atoms with E-state index < -0.39 is 0 Å². The Hall–Kier alpha value is -1.35. The maximum Gasteiger partial charge on any atom is 0.254 e. The van der Waals surface area contributed by atoms with Gasteiger partial charge in [0.1, 0.15) is 0 Å². The van der Waals surface area contributed by atoms with Crippen LogP contribution in [-0.2, 0) is 0 Å². The van der Waals surface area contributed by atoms with Crippen molar-refractivity contribution in [2.75, 3.05) is 20.2 Å². The Kier molecular flexibility index (Phi) is 5.86. The number of unbranched alkanes of at least 4 members (excludes halogenated alkanes) is 2. The van der Waals surface area contributed by atoms with Crippen LogP contribution in [0.1, 0.15) is 40.7 Å². The van der Waals surface area contributed by atoms with Crippen molar-refractivity contribution in [2.45, 2.75) is 33.1 Å². The standard InChI is InChI=1S/C15H23NO2/c1-12-8-7-9-13(2)14(12)15(18)16(3)10-5-4-6-11-17/h7-9,17H,4-6,10-11H2,1-3H3. The number of carbonyl (C=O) groups excluding carboxylic acids is 1. The summed E-state index contributed by atoms with van der Waals surface area (Å²) < 4.78 is 0. The number of amides is 1. The van der Waals surface area contributed by atoms with Gasteiger partial charge in [0.15, 0.2) is 0 Å². The van der Waals surface area contributed by atoms with Crippen LogP contribution in [0.5, 0.6) is 0 Å². The summed E-state index contributed by atoms with van der Waals surface area (Å²) in [6.45, 7) is 4.92. The largest absolute Gasteiger partial charge is 0.396 e. The van der Waals surface area contributed by atoms with Gasteiger partial charge in [0.25, 0.3) is 5.91 Å². The molecule has 0 aromatic heterocycles. The first-order valence-corrected chi connectivity index (χ1v) is 6.50. The predicted molar refractivity (Wildman–Crippen MR) is 73.8 cm³/mol. The minimum absolute atomic E-state index is 0.0922. The summed E-state index contributed by atoms with van der Waals surface area (Å²) in [4.78, 5) is 14.1. The van der Waals surface area contributed by atoms with Gasteiger partial charge in [-0.25, -0.2) is 0 Å². The highest BCUT2D eigenvalue weighted by molar-refractivity contribution is 5.96. The van der Waals surface area contributed by atoms with Gasteiger partial charge in [0.2, 0.25) is 0 Å². The lowest BCUT2D eigenvalue weighted by Gasteiger charge is -2.19. The Bertz CT molecular complexity index is 381. The van der Waals surface area contributed by atoms with E-state index in [2.05, 4.69) is 0 Å². The smallest absolute Gasteiger partial charge is 0.254 e. The molecule has 1 N–H and O–H groups in total. The second-order valence-corrected chi connectivity index (χ2v) is 4.78. The molecule has 100 valence electrons. The van der Waals surface area contributed by atoms with E-state index in [0.717, 1.165) is 42.5 Å². The zero-order valence-corrected chi connectivity index (χ0v) is 11.6. The second-order valence-electron chi connectivity index (χ2n) is 4.78. The fourth-order valence-electron chi connectivity index (χ4n) is 2.08. The molecule has 1 amide bonds. The molecule has 0 saturated heterocycles. The van der Waals surface area contributed by atoms with E-state index in [-0.39, 0.29) is 12.5 Å². The first-order chi connectivity index (χ1) is 8.57. The first kappa shape index (κ1) is 14.7. The number of aliphatic hydroxyl groups excluding tert-OH is 1. The van der Waals surface area contributed by atoms with Gasteiger partial charge in [-0.2, -0.15) is 0 Å². The van der Waals surface area contributed by atoms with Gasteiger partial charge in [0, 0.05) is 25.8 Å². The Morgan fingerprint density at radius 3 is 2.33 bits per heavy atom. The molecule has 0 spiro atoms. The molecule has 0 aliphatic heterocycles. The Labute approximate surface area is 109 Å². The summed E-state index contributed by atoms with van der Waals surface area (Å²) in [6.07, 6.45) is 2.71. The summed E-state index contributed by atoms with van der Waals surface area (Å²) >= 11 is 0. The molecule has 0 bridgehead atoms. The summed E-state index contributed by atoms with van der Waals surface area (Å²) in [5.74, 6) is 0.0922. The number of nitrogens with zero attached hydrogens (tertiary/aromatic N) is 1. The number of carbonyl (C=O) groups is 1.